The summed E-state index contributed by atoms with van der Waals surface area (Å²) in [4.78, 5) is 49.2. The number of esters is 1. The zero-order chi connectivity index (χ0) is 24.8. The van der Waals surface area contributed by atoms with E-state index in [4.69, 9.17) is 13.9 Å². The highest BCUT2D eigenvalue weighted by Crippen LogP contribution is 2.62. The number of ether oxygens (including phenoxy) is 2. The van der Waals surface area contributed by atoms with Crippen molar-refractivity contribution in [2.24, 2.45) is 17.3 Å². The van der Waals surface area contributed by atoms with E-state index in [-0.39, 0.29) is 36.2 Å². The van der Waals surface area contributed by atoms with Crippen LogP contribution in [-0.4, -0.2) is 30.1 Å². The first-order chi connectivity index (χ1) is 16.7. The number of anilines is 1. The Morgan fingerprint density at radius 3 is 2.51 bits per heavy atom. The van der Waals surface area contributed by atoms with E-state index in [1.807, 2.05) is 0 Å². The molecule has 0 radical (unpaired) electrons. The van der Waals surface area contributed by atoms with Crippen molar-refractivity contribution in [2.45, 2.75) is 64.5 Å². The van der Waals surface area contributed by atoms with Crippen LogP contribution in [-0.2, 0) is 25.7 Å². The summed E-state index contributed by atoms with van der Waals surface area (Å²) in [5.74, 6) is 0.495. The molecule has 4 bridgehead atoms. The van der Waals surface area contributed by atoms with Crippen LogP contribution in [0.3, 0.4) is 0 Å². The lowest BCUT2D eigenvalue weighted by Crippen LogP contribution is -2.64. The first kappa shape index (κ1) is 23.4. The summed E-state index contributed by atoms with van der Waals surface area (Å²) in [6.07, 6.45) is 4.51. The predicted octanol–water partition coefficient (Wildman–Crippen LogP) is 3.88. The molecule has 4 saturated carbocycles. The molecule has 9 nitrogen and oxygen atoms in total. The normalized spacial score (nSPS) is 28.5. The quantitative estimate of drug-likeness (QED) is 0.473. The van der Waals surface area contributed by atoms with E-state index < -0.39 is 17.1 Å². The number of hydrogen-bond donors (Lipinski definition) is 2. The van der Waals surface area contributed by atoms with E-state index in [2.05, 4.69) is 10.6 Å². The molecule has 4 fully saturated rings. The fourth-order valence-electron chi connectivity index (χ4n) is 7.03. The lowest BCUT2D eigenvalue weighted by Gasteiger charge is -2.60. The van der Waals surface area contributed by atoms with Crippen LogP contribution in [0.15, 0.2) is 33.5 Å². The van der Waals surface area contributed by atoms with Gasteiger partial charge in [0.15, 0.2) is 0 Å². The molecule has 1 heterocycles. The molecule has 4 aliphatic carbocycles. The van der Waals surface area contributed by atoms with Crippen molar-refractivity contribution in [1.82, 2.24) is 5.32 Å². The van der Waals surface area contributed by atoms with Gasteiger partial charge in [0, 0.05) is 41.2 Å². The lowest BCUT2D eigenvalue weighted by molar-refractivity contribution is -0.177. The van der Waals surface area contributed by atoms with E-state index >= 15 is 0 Å². The fraction of sp³-hybridized carbons (Fsp3) is 0.538. The molecule has 1 aromatic carbocycles. The number of hydrogen-bond acceptors (Lipinski definition) is 7. The SMILES string of the molecule is CCOC(=O)Nc1ccc2c(COC(=O)C34CC5CC(CC(NC(C)=O)(C5)C3)C4)cc(=O)oc2c1. The summed E-state index contributed by atoms with van der Waals surface area (Å²) >= 11 is 0. The maximum atomic E-state index is 13.5. The number of benzene rings is 1. The Hall–Kier alpha value is -3.36. The lowest BCUT2D eigenvalue weighted by atomic mass is 9.47. The first-order valence-corrected chi connectivity index (χ1v) is 12.2. The molecular formula is C26H30N2O7. The molecule has 9 heteroatoms. The second-order valence-electron chi connectivity index (χ2n) is 10.4. The number of fused-ring (bicyclic) bond motifs is 1. The Morgan fingerprint density at radius 2 is 1.83 bits per heavy atom. The number of carbonyl (C=O) groups excluding carboxylic acids is 3. The van der Waals surface area contributed by atoms with Crippen LogP contribution < -0.4 is 16.3 Å². The number of rotatable bonds is 6. The molecule has 6 rings (SSSR count). The van der Waals surface area contributed by atoms with Crippen LogP contribution in [0.2, 0.25) is 0 Å². The van der Waals surface area contributed by atoms with Gasteiger partial charge in [0.1, 0.15) is 12.2 Å². The molecule has 186 valence electrons. The molecule has 0 spiro atoms. The third-order valence-corrected chi connectivity index (χ3v) is 7.65. The standard InChI is InChI=1S/C26H30N2O7/c1-3-33-24(32)27-19-4-5-20-18(7-22(30)35-21(20)8-19)13-34-23(31)25-9-16-6-17(10-25)12-26(11-16,14-25)28-15(2)29/h4-5,7-8,16-17H,3,6,9-14H2,1-2H3,(H,27,32)(H,28,29). The zero-order valence-electron chi connectivity index (χ0n) is 20.0. The molecule has 35 heavy (non-hydrogen) atoms. The van der Waals surface area contributed by atoms with Crippen LogP contribution in [0.5, 0.6) is 0 Å². The minimum atomic E-state index is -0.605. The zero-order valence-corrected chi connectivity index (χ0v) is 20.0. The van der Waals surface area contributed by atoms with Crippen molar-refractivity contribution in [1.29, 1.82) is 0 Å². The molecule has 2 unspecified atom stereocenters. The van der Waals surface area contributed by atoms with Gasteiger partial charge in [-0.2, -0.15) is 0 Å². The molecule has 2 atom stereocenters. The molecular weight excluding hydrogens is 452 g/mol. The average Bonchev–Trinajstić information content (AvgIpc) is 2.75. The van der Waals surface area contributed by atoms with Gasteiger partial charge in [0.2, 0.25) is 5.91 Å². The topological polar surface area (TPSA) is 124 Å². The summed E-state index contributed by atoms with van der Waals surface area (Å²) in [6.45, 7) is 3.41. The van der Waals surface area contributed by atoms with Crippen molar-refractivity contribution in [3.05, 3.63) is 40.2 Å². The second-order valence-corrected chi connectivity index (χ2v) is 10.4. The monoisotopic (exact) mass is 482 g/mol. The maximum Gasteiger partial charge on any atom is 0.411 e. The highest BCUT2D eigenvalue weighted by atomic mass is 16.5. The molecule has 0 saturated heterocycles. The van der Waals surface area contributed by atoms with E-state index in [0.717, 1.165) is 32.1 Å². The predicted molar refractivity (Wildman–Crippen MR) is 127 cm³/mol. The average molecular weight is 483 g/mol. The molecule has 2 aromatic rings. The van der Waals surface area contributed by atoms with E-state index in [1.54, 1.807) is 19.1 Å². The molecule has 0 aliphatic heterocycles. The van der Waals surface area contributed by atoms with Crippen molar-refractivity contribution < 1.29 is 28.3 Å². The Kier molecular flexibility index (Phi) is 5.81. The van der Waals surface area contributed by atoms with Crippen LogP contribution >= 0.6 is 0 Å². The smallest absolute Gasteiger partial charge is 0.411 e. The maximum absolute atomic E-state index is 13.5. The van der Waals surface area contributed by atoms with Crippen LogP contribution in [0.4, 0.5) is 10.5 Å². The Balaban J connectivity index is 1.34. The van der Waals surface area contributed by atoms with Crippen LogP contribution in [0.25, 0.3) is 11.0 Å². The van der Waals surface area contributed by atoms with Crippen molar-refractivity contribution in [3.8, 4) is 0 Å². The van der Waals surface area contributed by atoms with Gasteiger partial charge < -0.3 is 19.2 Å². The van der Waals surface area contributed by atoms with Crippen molar-refractivity contribution in [2.75, 3.05) is 11.9 Å². The molecule has 4 aliphatic rings. The van der Waals surface area contributed by atoms with Crippen molar-refractivity contribution in [3.63, 3.8) is 0 Å². The fourth-order valence-corrected chi connectivity index (χ4v) is 7.03. The van der Waals surface area contributed by atoms with Gasteiger partial charge in [-0.05, 0) is 69.4 Å². The highest BCUT2D eigenvalue weighted by Gasteiger charge is 2.61. The molecule has 2 N–H and O–H groups in total. The van der Waals surface area contributed by atoms with Gasteiger partial charge in [-0.1, -0.05) is 0 Å². The number of nitrogens with one attached hydrogen (secondary N) is 2. The van der Waals surface area contributed by atoms with Gasteiger partial charge >= 0.3 is 17.7 Å². The highest BCUT2D eigenvalue weighted by molar-refractivity contribution is 5.90. The van der Waals surface area contributed by atoms with Crippen LogP contribution in [0, 0.1) is 17.3 Å². The minimum absolute atomic E-state index is 0.0597. The van der Waals surface area contributed by atoms with Gasteiger partial charge in [-0.25, -0.2) is 9.59 Å². The third kappa shape index (κ3) is 4.51. The van der Waals surface area contributed by atoms with Crippen molar-refractivity contribution >= 4 is 34.6 Å². The third-order valence-electron chi connectivity index (χ3n) is 7.65. The molecule has 1 aromatic heterocycles. The Morgan fingerprint density at radius 1 is 1.09 bits per heavy atom. The summed E-state index contributed by atoms with van der Waals surface area (Å²) in [5.41, 5.74) is -0.261. The van der Waals surface area contributed by atoms with Gasteiger partial charge in [-0.3, -0.25) is 14.9 Å². The molecule has 2 amide bonds. The minimum Gasteiger partial charge on any atom is -0.460 e. The van der Waals surface area contributed by atoms with E-state index in [9.17, 15) is 19.2 Å². The largest absolute Gasteiger partial charge is 0.460 e. The van der Waals surface area contributed by atoms with Gasteiger partial charge in [0.25, 0.3) is 0 Å². The summed E-state index contributed by atoms with van der Waals surface area (Å²) in [5, 5.41) is 6.35. The summed E-state index contributed by atoms with van der Waals surface area (Å²) in [6, 6.07) is 6.24. The number of amides is 2. The van der Waals surface area contributed by atoms with Crippen LogP contribution in [0.1, 0.15) is 57.9 Å². The number of carbonyl (C=O) groups is 3. The Labute approximate surface area is 202 Å². The van der Waals surface area contributed by atoms with Gasteiger partial charge in [-0.15, -0.1) is 0 Å². The summed E-state index contributed by atoms with van der Waals surface area (Å²) < 4.78 is 16.0. The Bertz CT molecular complexity index is 1240. The first-order valence-electron chi connectivity index (χ1n) is 12.2. The van der Waals surface area contributed by atoms with E-state index in [1.165, 1.54) is 19.1 Å². The summed E-state index contributed by atoms with van der Waals surface area (Å²) in [7, 11) is 0. The van der Waals surface area contributed by atoms with Gasteiger partial charge in [0.05, 0.1) is 12.0 Å². The second kappa shape index (κ2) is 8.70. The van der Waals surface area contributed by atoms with E-state index in [0.29, 0.717) is 34.9 Å².